The molecule has 0 radical (unpaired) electrons. The maximum Gasteiger partial charge on any atom is 0.231 e. The maximum absolute atomic E-state index is 13.0. The van der Waals surface area contributed by atoms with Gasteiger partial charge in [-0.2, -0.15) is 5.26 Å². The lowest BCUT2D eigenvalue weighted by Gasteiger charge is -2.28. The minimum Gasteiger partial charge on any atom is -0.316 e. The predicted octanol–water partition coefficient (Wildman–Crippen LogP) is 3.11. The van der Waals surface area contributed by atoms with Crippen molar-refractivity contribution in [2.75, 3.05) is 25.0 Å². The van der Waals surface area contributed by atoms with Crippen molar-refractivity contribution >= 4 is 11.6 Å². The summed E-state index contributed by atoms with van der Waals surface area (Å²) in [6.07, 6.45) is 4.24. The molecule has 0 aliphatic carbocycles. The molecule has 1 atom stereocenters. The number of carbonyl (C=O) groups excluding carboxylic acids is 1. The van der Waals surface area contributed by atoms with Gasteiger partial charge in [-0.05, 0) is 53.8 Å². The lowest BCUT2D eigenvalue weighted by Crippen LogP contribution is -2.41. The van der Waals surface area contributed by atoms with Gasteiger partial charge in [-0.3, -0.25) is 4.79 Å². The van der Waals surface area contributed by atoms with E-state index in [0.29, 0.717) is 13.1 Å². The summed E-state index contributed by atoms with van der Waals surface area (Å²) in [7, 11) is 1.87. The number of hydrogen-bond donors (Lipinski definition) is 1. The van der Waals surface area contributed by atoms with Crippen LogP contribution in [0.4, 0.5) is 5.69 Å². The minimum atomic E-state index is 0.0350. The number of rotatable bonds is 3. The third-order valence-corrected chi connectivity index (χ3v) is 5.63. The van der Waals surface area contributed by atoms with Crippen molar-refractivity contribution in [3.05, 3.63) is 53.6 Å². The fraction of sp³-hybridized carbons (Fsp3) is 0.364. The summed E-state index contributed by atoms with van der Waals surface area (Å²) >= 11 is 0. The molecule has 2 heterocycles. The molecule has 0 bridgehead atoms. The van der Waals surface area contributed by atoms with Gasteiger partial charge in [0.1, 0.15) is 0 Å². The van der Waals surface area contributed by atoms with Crippen LogP contribution in [0, 0.1) is 17.4 Å². The van der Waals surface area contributed by atoms with Crippen LogP contribution in [0.3, 0.4) is 0 Å². The first-order valence-corrected chi connectivity index (χ1v) is 9.51. The molecule has 0 aromatic heterocycles. The van der Waals surface area contributed by atoms with Crippen LogP contribution >= 0.6 is 0 Å². The van der Waals surface area contributed by atoms with Crippen LogP contribution in [0.15, 0.2) is 42.5 Å². The third kappa shape index (κ3) is 3.41. The molecule has 1 saturated heterocycles. The molecule has 138 valence electrons. The number of nitrogens with zero attached hydrogens (tertiary/aromatic N) is 3. The van der Waals surface area contributed by atoms with Crippen LogP contribution in [0.5, 0.6) is 0 Å². The van der Waals surface area contributed by atoms with Crippen LogP contribution in [-0.4, -0.2) is 30.9 Å². The topological polar surface area (TPSA) is 59.4 Å². The lowest BCUT2D eigenvalue weighted by atomic mass is 9.94. The van der Waals surface area contributed by atoms with E-state index in [1.165, 1.54) is 5.56 Å². The summed E-state index contributed by atoms with van der Waals surface area (Å²) in [5.41, 5.74) is 5.46. The second-order valence-electron chi connectivity index (χ2n) is 7.39. The van der Waals surface area contributed by atoms with E-state index in [4.69, 9.17) is 0 Å². The van der Waals surface area contributed by atoms with Gasteiger partial charge in [0.25, 0.3) is 0 Å². The average molecular weight is 360 g/mol. The first kappa shape index (κ1) is 17.6. The fourth-order valence-corrected chi connectivity index (χ4v) is 4.10. The molecule has 1 amide bonds. The van der Waals surface area contributed by atoms with Gasteiger partial charge in [-0.1, -0.05) is 30.3 Å². The Kier molecular flexibility index (Phi) is 4.83. The van der Waals surface area contributed by atoms with Crippen LogP contribution in [0.2, 0.25) is 0 Å². The first-order valence-electron chi connectivity index (χ1n) is 9.51. The van der Waals surface area contributed by atoms with E-state index in [-0.39, 0.29) is 11.8 Å². The second kappa shape index (κ2) is 7.42. The van der Waals surface area contributed by atoms with Gasteiger partial charge in [-0.15, -0.1) is 0 Å². The Bertz CT molecular complexity index is 881. The molecule has 2 aliphatic heterocycles. The molecule has 5 nitrogen and oxygen atoms in total. The predicted molar refractivity (Wildman–Crippen MR) is 106 cm³/mol. The molecule has 0 unspecified atom stereocenters. The van der Waals surface area contributed by atoms with Gasteiger partial charge in [0.15, 0.2) is 6.19 Å². The SMILES string of the molecule is CN(C(=O)[C@H]1CCCNC1)c1cc2c(c(-c3ccccc3)c1)CN(C#N)C2. The van der Waals surface area contributed by atoms with Crippen LogP contribution in [0.25, 0.3) is 11.1 Å². The lowest BCUT2D eigenvalue weighted by molar-refractivity contribution is -0.122. The molecule has 1 fully saturated rings. The van der Waals surface area contributed by atoms with Gasteiger partial charge in [0.2, 0.25) is 5.91 Å². The zero-order chi connectivity index (χ0) is 18.8. The van der Waals surface area contributed by atoms with Gasteiger partial charge < -0.3 is 15.1 Å². The Morgan fingerprint density at radius 2 is 2.07 bits per heavy atom. The minimum absolute atomic E-state index is 0.0350. The average Bonchev–Trinajstić information content (AvgIpc) is 3.16. The Morgan fingerprint density at radius 1 is 1.26 bits per heavy atom. The van der Waals surface area contributed by atoms with E-state index in [0.717, 1.165) is 48.3 Å². The maximum atomic E-state index is 13.0. The van der Waals surface area contributed by atoms with Gasteiger partial charge in [0, 0.05) is 19.3 Å². The Hall–Kier alpha value is -2.84. The molecule has 27 heavy (non-hydrogen) atoms. The number of anilines is 1. The quantitative estimate of drug-likeness (QED) is 0.855. The first-order chi connectivity index (χ1) is 13.2. The molecular formula is C22H24N4O. The Balaban J connectivity index is 1.72. The highest BCUT2D eigenvalue weighted by Crippen LogP contribution is 2.36. The van der Waals surface area contributed by atoms with E-state index in [2.05, 4.69) is 35.8 Å². The highest BCUT2D eigenvalue weighted by Gasteiger charge is 2.27. The number of nitrogens with one attached hydrogen (secondary N) is 1. The van der Waals surface area contributed by atoms with Crippen molar-refractivity contribution in [3.63, 3.8) is 0 Å². The van der Waals surface area contributed by atoms with E-state index in [1.807, 2.05) is 25.2 Å². The smallest absolute Gasteiger partial charge is 0.231 e. The van der Waals surface area contributed by atoms with E-state index >= 15 is 0 Å². The summed E-state index contributed by atoms with van der Waals surface area (Å²) in [5.74, 6) is 0.198. The van der Waals surface area contributed by atoms with Gasteiger partial charge >= 0.3 is 0 Å². The summed E-state index contributed by atoms with van der Waals surface area (Å²) in [6, 6.07) is 14.4. The molecule has 2 aliphatic rings. The Morgan fingerprint density at radius 3 is 2.78 bits per heavy atom. The monoisotopic (exact) mass is 360 g/mol. The van der Waals surface area contributed by atoms with Crippen LogP contribution in [-0.2, 0) is 17.9 Å². The summed E-state index contributed by atoms with van der Waals surface area (Å²) < 4.78 is 0. The Labute approximate surface area is 160 Å². The van der Waals surface area contributed by atoms with Crippen LogP contribution < -0.4 is 10.2 Å². The van der Waals surface area contributed by atoms with Crippen molar-refractivity contribution in [3.8, 4) is 17.3 Å². The van der Waals surface area contributed by atoms with E-state index in [9.17, 15) is 10.1 Å². The largest absolute Gasteiger partial charge is 0.316 e. The van der Waals surface area contributed by atoms with Crippen molar-refractivity contribution in [1.29, 1.82) is 5.26 Å². The number of amides is 1. The molecule has 0 spiro atoms. The molecule has 1 N–H and O–H groups in total. The zero-order valence-electron chi connectivity index (χ0n) is 15.6. The summed E-state index contributed by atoms with van der Waals surface area (Å²) in [4.78, 5) is 16.5. The highest BCUT2D eigenvalue weighted by atomic mass is 16.2. The molecule has 2 aromatic rings. The molecule has 2 aromatic carbocycles. The third-order valence-electron chi connectivity index (χ3n) is 5.63. The normalized spacial score (nSPS) is 18.7. The molecule has 5 heteroatoms. The van der Waals surface area contributed by atoms with Gasteiger partial charge in [0.05, 0.1) is 19.0 Å². The number of piperidine rings is 1. The molecule has 0 saturated carbocycles. The number of nitriles is 1. The van der Waals surface area contributed by atoms with E-state index < -0.39 is 0 Å². The number of carbonyl (C=O) groups is 1. The standard InChI is InChI=1S/C22H24N4O/c1-25(22(27)17-8-5-9-24-12-17)19-10-18-13-26(15-23)14-21(18)20(11-19)16-6-3-2-4-7-16/h2-4,6-7,10-11,17,24H,5,8-9,12-14H2,1H3/t17-/m0/s1. The van der Waals surface area contributed by atoms with E-state index in [1.54, 1.807) is 9.80 Å². The molecule has 4 rings (SSSR count). The zero-order valence-corrected chi connectivity index (χ0v) is 15.6. The van der Waals surface area contributed by atoms with Crippen molar-refractivity contribution < 1.29 is 4.79 Å². The van der Waals surface area contributed by atoms with Crippen LogP contribution in [0.1, 0.15) is 24.0 Å². The molecular weight excluding hydrogens is 336 g/mol. The highest BCUT2D eigenvalue weighted by molar-refractivity contribution is 5.96. The number of hydrogen-bond acceptors (Lipinski definition) is 4. The number of fused-ring (bicyclic) bond motifs is 1. The summed E-state index contributed by atoms with van der Waals surface area (Å²) in [5, 5.41) is 12.7. The van der Waals surface area contributed by atoms with Crippen molar-refractivity contribution in [2.24, 2.45) is 5.92 Å². The van der Waals surface area contributed by atoms with Gasteiger partial charge in [-0.25, -0.2) is 0 Å². The second-order valence-corrected chi connectivity index (χ2v) is 7.39. The number of benzene rings is 2. The fourth-order valence-electron chi connectivity index (χ4n) is 4.10. The summed E-state index contributed by atoms with van der Waals surface area (Å²) in [6.45, 7) is 2.98. The van der Waals surface area contributed by atoms with Crippen molar-refractivity contribution in [1.82, 2.24) is 10.2 Å². The van der Waals surface area contributed by atoms with Crippen molar-refractivity contribution in [2.45, 2.75) is 25.9 Å².